The first kappa shape index (κ1) is 16.7. The molecule has 0 atom stereocenters. The molecule has 0 aliphatic heterocycles. The van der Waals surface area contributed by atoms with E-state index in [1.165, 1.54) is 13.3 Å². The fourth-order valence-corrected chi connectivity index (χ4v) is 2.24. The smallest absolute Gasteiger partial charge is 0.261 e. The van der Waals surface area contributed by atoms with Crippen molar-refractivity contribution in [3.05, 3.63) is 54.5 Å². The summed E-state index contributed by atoms with van der Waals surface area (Å²) in [5.74, 6) is 2.23. The minimum atomic E-state index is -0.153. The molecular weight excluding hydrogens is 322 g/mol. The molecule has 7 nitrogen and oxygen atoms in total. The molecule has 0 aliphatic carbocycles. The maximum Gasteiger partial charge on any atom is 0.261 e. The highest BCUT2D eigenvalue weighted by molar-refractivity contribution is 5.57. The number of nitrogens with zero attached hydrogens (tertiary/aromatic N) is 3. The van der Waals surface area contributed by atoms with Gasteiger partial charge in [0, 0.05) is 11.8 Å². The van der Waals surface area contributed by atoms with Gasteiger partial charge in [-0.25, -0.2) is 4.98 Å². The van der Waals surface area contributed by atoms with E-state index in [1.807, 2.05) is 12.1 Å². The standard InChI is InChI=1S/C18H17N3O4/c1-23-14-5-3-4-6-15(14)25-16-10-20-17(21-18(16)24-2)12-7-8-19-13(9-12)11-22/h3-10,22H,11H2,1-2H3. The Bertz CT molecular complexity index is 870. The van der Waals surface area contributed by atoms with Gasteiger partial charge in [-0.05, 0) is 24.3 Å². The molecule has 3 rings (SSSR count). The van der Waals surface area contributed by atoms with Crippen molar-refractivity contribution >= 4 is 0 Å². The predicted molar refractivity (Wildman–Crippen MR) is 90.8 cm³/mol. The van der Waals surface area contributed by atoms with Crippen molar-refractivity contribution < 1.29 is 19.3 Å². The van der Waals surface area contributed by atoms with Gasteiger partial charge in [-0.2, -0.15) is 4.98 Å². The van der Waals surface area contributed by atoms with E-state index in [9.17, 15) is 5.11 Å². The highest BCUT2D eigenvalue weighted by Crippen LogP contribution is 2.35. The van der Waals surface area contributed by atoms with Crippen LogP contribution in [0.25, 0.3) is 11.4 Å². The van der Waals surface area contributed by atoms with E-state index in [0.29, 0.717) is 34.6 Å². The Labute approximate surface area is 144 Å². The van der Waals surface area contributed by atoms with Crippen LogP contribution < -0.4 is 14.2 Å². The number of para-hydroxylation sites is 2. The lowest BCUT2D eigenvalue weighted by Crippen LogP contribution is -1.99. The molecule has 0 spiro atoms. The summed E-state index contributed by atoms with van der Waals surface area (Å²) in [5, 5.41) is 9.21. The summed E-state index contributed by atoms with van der Waals surface area (Å²) in [5.41, 5.74) is 1.26. The molecule has 0 aliphatic rings. The van der Waals surface area contributed by atoms with Crippen molar-refractivity contribution in [2.45, 2.75) is 6.61 Å². The number of ether oxygens (including phenoxy) is 3. The fourth-order valence-electron chi connectivity index (χ4n) is 2.24. The van der Waals surface area contributed by atoms with Gasteiger partial charge in [0.25, 0.3) is 5.88 Å². The van der Waals surface area contributed by atoms with Gasteiger partial charge in [-0.15, -0.1) is 0 Å². The van der Waals surface area contributed by atoms with Crippen molar-refractivity contribution in [1.29, 1.82) is 0 Å². The van der Waals surface area contributed by atoms with E-state index >= 15 is 0 Å². The molecule has 1 N–H and O–H groups in total. The zero-order chi connectivity index (χ0) is 17.6. The summed E-state index contributed by atoms with van der Waals surface area (Å²) < 4.78 is 16.4. The highest BCUT2D eigenvalue weighted by Gasteiger charge is 2.14. The van der Waals surface area contributed by atoms with E-state index in [1.54, 1.807) is 37.6 Å². The monoisotopic (exact) mass is 339 g/mol. The van der Waals surface area contributed by atoms with Crippen LogP contribution in [-0.4, -0.2) is 34.3 Å². The molecule has 0 saturated carbocycles. The number of rotatable bonds is 6. The Balaban J connectivity index is 1.94. The van der Waals surface area contributed by atoms with Crippen molar-refractivity contribution in [2.75, 3.05) is 14.2 Å². The molecule has 0 fully saturated rings. The van der Waals surface area contributed by atoms with Crippen LogP contribution in [0, 0.1) is 0 Å². The molecule has 1 aromatic carbocycles. The van der Waals surface area contributed by atoms with E-state index < -0.39 is 0 Å². The fraction of sp³-hybridized carbons (Fsp3) is 0.167. The SMILES string of the molecule is COc1ccccc1Oc1cnc(-c2ccnc(CO)c2)nc1OC. The van der Waals surface area contributed by atoms with Crippen molar-refractivity contribution in [2.24, 2.45) is 0 Å². The second kappa shape index (κ2) is 7.59. The number of pyridine rings is 1. The largest absolute Gasteiger partial charge is 0.493 e. The van der Waals surface area contributed by atoms with Gasteiger partial charge in [0.1, 0.15) is 0 Å². The third kappa shape index (κ3) is 3.67. The number of hydrogen-bond donors (Lipinski definition) is 1. The van der Waals surface area contributed by atoms with Gasteiger partial charge in [0.2, 0.25) is 5.75 Å². The number of aromatic nitrogens is 3. The Hall–Kier alpha value is -3.19. The van der Waals surface area contributed by atoms with E-state index in [0.717, 1.165) is 5.56 Å². The zero-order valence-corrected chi connectivity index (χ0v) is 13.8. The molecule has 0 bridgehead atoms. The van der Waals surface area contributed by atoms with E-state index in [2.05, 4.69) is 15.0 Å². The molecule has 3 aromatic rings. The van der Waals surface area contributed by atoms with E-state index in [4.69, 9.17) is 14.2 Å². The molecular formula is C18H17N3O4. The van der Waals surface area contributed by atoms with Crippen LogP contribution in [0.2, 0.25) is 0 Å². The molecule has 2 aromatic heterocycles. The third-order valence-corrected chi connectivity index (χ3v) is 3.44. The summed E-state index contributed by atoms with van der Waals surface area (Å²) >= 11 is 0. The minimum absolute atomic E-state index is 0.153. The van der Waals surface area contributed by atoms with Crippen LogP contribution in [-0.2, 0) is 6.61 Å². The summed E-state index contributed by atoms with van der Waals surface area (Å²) in [7, 11) is 3.08. The Morgan fingerprint density at radius 3 is 2.48 bits per heavy atom. The molecule has 0 radical (unpaired) electrons. The van der Waals surface area contributed by atoms with Crippen LogP contribution >= 0.6 is 0 Å². The Morgan fingerprint density at radius 2 is 1.76 bits per heavy atom. The average molecular weight is 339 g/mol. The highest BCUT2D eigenvalue weighted by atomic mass is 16.5. The van der Waals surface area contributed by atoms with Crippen LogP contribution in [0.15, 0.2) is 48.8 Å². The van der Waals surface area contributed by atoms with Crippen LogP contribution in [0.5, 0.6) is 23.1 Å². The van der Waals surface area contributed by atoms with Crippen LogP contribution in [0.4, 0.5) is 0 Å². The lowest BCUT2D eigenvalue weighted by molar-refractivity contribution is 0.277. The molecule has 0 saturated heterocycles. The maximum atomic E-state index is 9.21. The number of benzene rings is 1. The minimum Gasteiger partial charge on any atom is -0.493 e. The Morgan fingerprint density at radius 1 is 0.960 bits per heavy atom. The quantitative estimate of drug-likeness (QED) is 0.739. The molecule has 7 heteroatoms. The van der Waals surface area contributed by atoms with Gasteiger partial charge >= 0.3 is 0 Å². The number of aliphatic hydroxyl groups excluding tert-OH is 1. The van der Waals surface area contributed by atoms with Crippen molar-refractivity contribution in [1.82, 2.24) is 15.0 Å². The predicted octanol–water partition coefficient (Wildman–Crippen LogP) is 2.84. The maximum absolute atomic E-state index is 9.21. The first-order chi connectivity index (χ1) is 12.2. The van der Waals surface area contributed by atoms with Crippen molar-refractivity contribution in [3.63, 3.8) is 0 Å². The topological polar surface area (TPSA) is 86.6 Å². The Kier molecular flexibility index (Phi) is 5.06. The molecule has 128 valence electrons. The molecule has 0 amide bonds. The summed E-state index contributed by atoms with van der Waals surface area (Å²) in [6, 6.07) is 10.7. The lowest BCUT2D eigenvalue weighted by Gasteiger charge is -2.12. The van der Waals surface area contributed by atoms with Crippen LogP contribution in [0.3, 0.4) is 0 Å². The van der Waals surface area contributed by atoms with Gasteiger partial charge in [-0.1, -0.05) is 12.1 Å². The molecule has 25 heavy (non-hydrogen) atoms. The number of methoxy groups -OCH3 is 2. The third-order valence-electron chi connectivity index (χ3n) is 3.44. The second-order valence-electron chi connectivity index (χ2n) is 5.01. The summed E-state index contributed by atoms with van der Waals surface area (Å²) in [6.07, 6.45) is 3.13. The first-order valence-corrected chi connectivity index (χ1v) is 7.53. The molecule has 0 unspecified atom stereocenters. The van der Waals surface area contributed by atoms with Gasteiger partial charge < -0.3 is 19.3 Å². The van der Waals surface area contributed by atoms with Gasteiger partial charge in [-0.3, -0.25) is 4.98 Å². The lowest BCUT2D eigenvalue weighted by atomic mass is 10.2. The molecule has 2 heterocycles. The number of hydrogen-bond acceptors (Lipinski definition) is 7. The first-order valence-electron chi connectivity index (χ1n) is 7.53. The summed E-state index contributed by atoms with van der Waals surface area (Å²) in [6.45, 7) is -0.153. The van der Waals surface area contributed by atoms with E-state index in [-0.39, 0.29) is 6.61 Å². The number of aliphatic hydroxyl groups is 1. The van der Waals surface area contributed by atoms with Crippen LogP contribution in [0.1, 0.15) is 5.69 Å². The summed E-state index contributed by atoms with van der Waals surface area (Å²) in [4.78, 5) is 12.7. The van der Waals surface area contributed by atoms with Gasteiger partial charge in [0.15, 0.2) is 17.3 Å². The van der Waals surface area contributed by atoms with Crippen molar-refractivity contribution in [3.8, 4) is 34.5 Å². The average Bonchev–Trinajstić information content (AvgIpc) is 2.68. The second-order valence-corrected chi connectivity index (χ2v) is 5.01. The zero-order valence-electron chi connectivity index (χ0n) is 13.8. The normalized spacial score (nSPS) is 10.4. The van der Waals surface area contributed by atoms with Gasteiger partial charge in [0.05, 0.1) is 32.7 Å².